The molecule has 0 bridgehead atoms. The standard InChI is InChI=1S/C60H88N10O20S2/c1-11-67(12-2)43-15-18-46-49(33-43)90-50-34-44(68(13-3)14-4)16-19-47(50)56(46)48-20-17-45(35-51(48)92(83,84)85)91(81,82)70-27-25-69(26-28-70)55(74)24-32-89-39-60(36-86-29-21-52(71)61-40(5)57(75)64(8)78,37-87-30-22-53(72)62-41(6)58(76)65(9)79)38-88-31-23-54(73)63-42(7)59(77)66(10)80/h15-20,33-35,40-42,78-80H,11-14,21-32,36-39H2,1-10H3,(H3-,61,62,63,71,72,73,83,84,85)/p+1/t40-,41-,42-/m0/s1. The van der Waals surface area contributed by atoms with Gasteiger partial charge in [0.15, 0.2) is 0 Å². The summed E-state index contributed by atoms with van der Waals surface area (Å²) in [5, 5.41) is 38.3. The Kier molecular flexibility index (Phi) is 28.4. The SMILES string of the molecule is CCN(CC)c1ccc2c(-c3ccc(S(=O)(=O)N4CCN(C(=O)CCOCC(COCCC(=O)N[C@@H](C)C(=O)N(C)O)(COCCC(=O)N[C@@H](C)C(=O)N(C)O)COCCC(=O)N[C@@H](C)C(=O)N(C)O)CC4)cc3S(=O)(=O)O)c3ccc(=[N+](CC)CC)cc-3oc2c1. The van der Waals surface area contributed by atoms with E-state index in [4.69, 9.17) is 23.4 Å². The van der Waals surface area contributed by atoms with Gasteiger partial charge in [-0.15, -0.1) is 0 Å². The summed E-state index contributed by atoms with van der Waals surface area (Å²) in [4.78, 5) is 91.0. The minimum atomic E-state index is -5.10. The smallest absolute Gasteiger partial charge is 0.295 e. The highest BCUT2D eigenvalue weighted by Crippen LogP contribution is 2.44. The van der Waals surface area contributed by atoms with E-state index in [1.807, 2.05) is 64.1 Å². The van der Waals surface area contributed by atoms with E-state index in [9.17, 15) is 70.6 Å². The van der Waals surface area contributed by atoms with Crippen LogP contribution in [0.3, 0.4) is 0 Å². The zero-order valence-electron chi connectivity index (χ0n) is 53.8. The molecular formula is C60H89N10O20S2+. The third-order valence-electron chi connectivity index (χ3n) is 15.4. The monoisotopic (exact) mass is 1330 g/mol. The molecule has 0 saturated carbocycles. The zero-order valence-corrected chi connectivity index (χ0v) is 55.5. The zero-order chi connectivity index (χ0) is 68.3. The molecule has 0 spiro atoms. The number of fused-ring (bicyclic) bond motifs is 2. The number of hydrogen-bond donors (Lipinski definition) is 7. The number of hydrogen-bond acceptors (Lipinski definition) is 20. The molecule has 2 aliphatic heterocycles. The maximum atomic E-state index is 14.4. The molecule has 92 heavy (non-hydrogen) atoms. The van der Waals surface area contributed by atoms with E-state index >= 15 is 0 Å². The summed E-state index contributed by atoms with van der Waals surface area (Å²) >= 11 is 0. The van der Waals surface area contributed by atoms with E-state index in [0.29, 0.717) is 69.2 Å². The lowest BCUT2D eigenvalue weighted by molar-refractivity contribution is -0.162. The van der Waals surface area contributed by atoms with Crippen LogP contribution in [0.1, 0.15) is 74.1 Å². The number of nitrogens with one attached hydrogen (secondary N) is 3. The molecule has 1 fully saturated rings. The quantitative estimate of drug-likeness (QED) is 0.00859. The van der Waals surface area contributed by atoms with Crippen LogP contribution < -0.4 is 30.8 Å². The average Bonchev–Trinajstić information content (AvgIpc) is 0.740. The van der Waals surface area contributed by atoms with Crippen molar-refractivity contribution in [1.29, 1.82) is 0 Å². The van der Waals surface area contributed by atoms with E-state index in [1.54, 1.807) is 0 Å². The van der Waals surface area contributed by atoms with E-state index in [0.717, 1.165) is 42.6 Å². The van der Waals surface area contributed by atoms with Crippen LogP contribution in [-0.2, 0) is 72.7 Å². The van der Waals surface area contributed by atoms with Crippen molar-refractivity contribution in [2.75, 3.05) is 131 Å². The van der Waals surface area contributed by atoms with Gasteiger partial charge in [0.2, 0.25) is 39.0 Å². The highest BCUT2D eigenvalue weighted by molar-refractivity contribution is 7.89. The molecule has 0 radical (unpaired) electrons. The van der Waals surface area contributed by atoms with Gasteiger partial charge in [0.25, 0.3) is 27.8 Å². The number of carbonyl (C=O) groups is 7. The van der Waals surface area contributed by atoms with Crippen LogP contribution in [0.15, 0.2) is 68.8 Å². The topological polar surface area (TPSA) is 377 Å². The fourth-order valence-electron chi connectivity index (χ4n) is 10.3. The van der Waals surface area contributed by atoms with Crippen LogP contribution in [0.5, 0.6) is 0 Å². The first-order valence-electron chi connectivity index (χ1n) is 30.2. The predicted molar refractivity (Wildman–Crippen MR) is 334 cm³/mol. The number of carbonyl (C=O) groups excluding carboxylic acids is 7. The predicted octanol–water partition coefficient (Wildman–Crippen LogP) is 1.61. The number of piperazine rings is 1. The molecule has 0 aromatic heterocycles. The number of ether oxygens (including phenoxy) is 4. The Morgan fingerprint density at radius 1 is 0.609 bits per heavy atom. The summed E-state index contributed by atoms with van der Waals surface area (Å²) in [7, 11) is -6.23. The fourth-order valence-corrected chi connectivity index (χ4v) is 12.6. The van der Waals surface area contributed by atoms with Gasteiger partial charge in [-0.25, -0.2) is 28.2 Å². The molecule has 2 heterocycles. The van der Waals surface area contributed by atoms with Crippen molar-refractivity contribution in [2.45, 2.75) is 102 Å². The van der Waals surface area contributed by atoms with E-state index < -0.39 is 94.8 Å². The van der Waals surface area contributed by atoms with Crippen molar-refractivity contribution >= 4 is 78.1 Å². The van der Waals surface area contributed by atoms with Crippen LogP contribution in [-0.4, -0.2) is 247 Å². The molecule has 1 saturated heterocycles. The minimum absolute atomic E-state index is 0.0419. The average molecular weight is 1330 g/mol. The Morgan fingerprint density at radius 2 is 1.05 bits per heavy atom. The van der Waals surface area contributed by atoms with Crippen LogP contribution in [0, 0.1) is 5.41 Å². The minimum Gasteiger partial charge on any atom is -0.456 e. The fraction of sp³-hybridized carbons (Fsp3) is 0.567. The van der Waals surface area contributed by atoms with Gasteiger partial charge in [-0.3, -0.25) is 53.7 Å². The lowest BCUT2D eigenvalue weighted by Gasteiger charge is -2.34. The van der Waals surface area contributed by atoms with Crippen molar-refractivity contribution < 1.29 is 93.9 Å². The van der Waals surface area contributed by atoms with Gasteiger partial charge in [-0.05, 0) is 78.8 Å². The first-order chi connectivity index (χ1) is 43.4. The molecule has 30 nitrogen and oxygen atoms in total. The number of hydroxylamine groups is 6. The van der Waals surface area contributed by atoms with Gasteiger partial charge in [-0.2, -0.15) is 12.7 Å². The van der Waals surface area contributed by atoms with Crippen molar-refractivity contribution in [3.05, 3.63) is 60.0 Å². The van der Waals surface area contributed by atoms with Crippen molar-refractivity contribution in [3.63, 3.8) is 0 Å². The number of amides is 7. The molecule has 510 valence electrons. The maximum absolute atomic E-state index is 14.4. The van der Waals surface area contributed by atoms with E-state index in [2.05, 4.69) is 25.4 Å². The molecule has 2 aromatic carbocycles. The normalized spacial score (nSPS) is 14.1. The first-order valence-corrected chi connectivity index (χ1v) is 33.1. The van der Waals surface area contributed by atoms with Crippen molar-refractivity contribution in [3.8, 4) is 22.5 Å². The third-order valence-corrected chi connectivity index (χ3v) is 18.2. The Hall–Kier alpha value is -7.24. The number of nitrogens with zero attached hydrogens (tertiary/aromatic N) is 7. The summed E-state index contributed by atoms with van der Waals surface area (Å²) in [6, 6.07) is 11.5. The number of rotatable bonds is 35. The van der Waals surface area contributed by atoms with Gasteiger partial charge >= 0.3 is 0 Å². The highest BCUT2D eigenvalue weighted by Gasteiger charge is 2.36. The lowest BCUT2D eigenvalue weighted by Crippen LogP contribution is -2.50. The molecule has 3 atom stereocenters. The first kappa shape index (κ1) is 75.5. The van der Waals surface area contributed by atoms with Crippen LogP contribution >= 0.6 is 0 Å². The van der Waals surface area contributed by atoms with E-state index in [1.165, 1.54) is 37.8 Å². The second-order valence-electron chi connectivity index (χ2n) is 22.3. The Balaban J connectivity index is 1.34. The molecule has 1 aliphatic carbocycles. The Labute approximate surface area is 536 Å². The highest BCUT2D eigenvalue weighted by atomic mass is 32.2. The number of benzene rings is 3. The summed E-state index contributed by atoms with van der Waals surface area (Å²) in [6.45, 7) is 12.6. The largest absolute Gasteiger partial charge is 0.456 e. The maximum Gasteiger partial charge on any atom is 0.295 e. The van der Waals surface area contributed by atoms with Gasteiger partial charge in [0.1, 0.15) is 47.5 Å². The van der Waals surface area contributed by atoms with Crippen LogP contribution in [0.25, 0.3) is 33.4 Å². The molecule has 7 N–H and O–H groups in total. The molecule has 0 unspecified atom stereocenters. The lowest BCUT2D eigenvalue weighted by atomic mass is 9.92. The summed E-state index contributed by atoms with van der Waals surface area (Å²) in [6.07, 6.45) is -0.993. The molecule has 5 rings (SSSR count). The summed E-state index contributed by atoms with van der Waals surface area (Å²) in [5.74, 6) is -4.12. The third kappa shape index (κ3) is 20.6. The van der Waals surface area contributed by atoms with E-state index in [-0.39, 0.29) is 110 Å². The molecule has 7 amide bonds. The number of sulfonamides is 1. The molecule has 3 aliphatic rings. The second-order valence-corrected chi connectivity index (χ2v) is 25.6. The molecule has 2 aromatic rings. The van der Waals surface area contributed by atoms with Gasteiger partial charge in [-0.1, -0.05) is 6.07 Å². The number of anilines is 1. The Morgan fingerprint density at radius 3 is 1.48 bits per heavy atom. The van der Waals surface area contributed by atoms with Gasteiger partial charge in [0.05, 0.1) is 75.7 Å². The van der Waals surface area contributed by atoms with Crippen LogP contribution in [0.4, 0.5) is 5.69 Å². The number of likely N-dealkylation sites (N-methyl/N-ethyl adjacent to an activating group) is 3. The molecular weight excluding hydrogens is 1240 g/mol. The molecule has 32 heteroatoms. The summed E-state index contributed by atoms with van der Waals surface area (Å²) < 4.78 is 100. The van der Waals surface area contributed by atoms with Crippen LogP contribution in [0.2, 0.25) is 0 Å². The Bertz CT molecular complexity index is 3370. The second kappa shape index (κ2) is 34.6. The van der Waals surface area contributed by atoms with Gasteiger partial charge in [0, 0.05) is 120 Å². The van der Waals surface area contributed by atoms with Gasteiger partial charge < -0.3 is 49.1 Å². The summed E-state index contributed by atoms with van der Waals surface area (Å²) in [5.41, 5.74) is 0.949. The van der Waals surface area contributed by atoms with Crippen molar-refractivity contribution in [1.82, 2.24) is 44.9 Å². The van der Waals surface area contributed by atoms with Crippen molar-refractivity contribution in [2.24, 2.45) is 5.41 Å².